The van der Waals surface area contributed by atoms with Gasteiger partial charge in [-0.2, -0.15) is 11.8 Å². The lowest BCUT2D eigenvalue weighted by Gasteiger charge is -2.25. The molecule has 0 bridgehead atoms. The van der Waals surface area contributed by atoms with Crippen molar-refractivity contribution in [2.75, 3.05) is 23.1 Å². The Kier molecular flexibility index (Phi) is 9.53. The average Bonchev–Trinajstić information content (AvgIpc) is 2.81. The predicted molar refractivity (Wildman–Crippen MR) is 147 cm³/mol. The summed E-state index contributed by atoms with van der Waals surface area (Å²) in [7, 11) is -3.93. The summed E-state index contributed by atoms with van der Waals surface area (Å²) in [5.74, 6) is 1.03. The average molecular weight is 552 g/mol. The monoisotopic (exact) mass is 550 g/mol. The fourth-order valence-corrected chi connectivity index (χ4v) is 5.84. The molecule has 0 unspecified atom stereocenters. The first kappa shape index (κ1) is 27.4. The van der Waals surface area contributed by atoms with E-state index in [0.717, 1.165) is 28.0 Å². The van der Waals surface area contributed by atoms with Crippen molar-refractivity contribution < 1.29 is 13.2 Å². The third kappa shape index (κ3) is 7.40. The zero-order chi connectivity index (χ0) is 25.6. The van der Waals surface area contributed by atoms with Gasteiger partial charge in [0.15, 0.2) is 0 Å². The molecule has 3 aromatic rings. The highest BCUT2D eigenvalue weighted by Crippen LogP contribution is 2.26. The van der Waals surface area contributed by atoms with Gasteiger partial charge in [-0.05, 0) is 73.9 Å². The normalized spacial score (nSPS) is 11.3. The van der Waals surface area contributed by atoms with Crippen LogP contribution < -0.4 is 9.62 Å². The molecule has 0 saturated carbocycles. The second kappa shape index (κ2) is 12.2. The van der Waals surface area contributed by atoms with Crippen molar-refractivity contribution in [2.45, 2.75) is 31.4 Å². The second-order valence-electron chi connectivity index (χ2n) is 8.24. The fraction of sp³-hybridized carbons (Fsp3) is 0.269. The number of carbonyl (C=O) groups is 1. The molecule has 3 aromatic carbocycles. The van der Waals surface area contributed by atoms with Crippen molar-refractivity contribution in [2.24, 2.45) is 0 Å². The van der Waals surface area contributed by atoms with Crippen molar-refractivity contribution in [1.82, 2.24) is 5.32 Å². The van der Waals surface area contributed by atoms with Crippen LogP contribution in [0.5, 0.6) is 0 Å². The van der Waals surface area contributed by atoms with Gasteiger partial charge in [0.25, 0.3) is 10.0 Å². The van der Waals surface area contributed by atoms with Crippen LogP contribution in [0.2, 0.25) is 10.0 Å². The number of rotatable bonds is 10. The minimum absolute atomic E-state index is 0.145. The highest BCUT2D eigenvalue weighted by molar-refractivity contribution is 7.98. The van der Waals surface area contributed by atoms with E-state index in [1.54, 1.807) is 54.2 Å². The first-order valence-electron chi connectivity index (χ1n) is 11.0. The maximum absolute atomic E-state index is 13.5. The molecule has 0 aliphatic heterocycles. The number of sulfonamides is 1. The van der Waals surface area contributed by atoms with E-state index in [4.69, 9.17) is 23.2 Å². The van der Waals surface area contributed by atoms with Gasteiger partial charge < -0.3 is 5.32 Å². The van der Waals surface area contributed by atoms with Crippen molar-refractivity contribution in [3.63, 3.8) is 0 Å². The van der Waals surface area contributed by atoms with Crippen molar-refractivity contribution >= 4 is 56.6 Å². The molecule has 0 atom stereocenters. The first-order chi connectivity index (χ1) is 16.6. The number of carbonyl (C=O) groups excluding carboxylic acids is 1. The van der Waals surface area contributed by atoms with Crippen LogP contribution >= 0.6 is 35.0 Å². The van der Waals surface area contributed by atoms with Gasteiger partial charge in [0.05, 0.1) is 20.6 Å². The van der Waals surface area contributed by atoms with Crippen LogP contribution in [0.15, 0.2) is 65.6 Å². The first-order valence-corrected chi connectivity index (χ1v) is 14.4. The summed E-state index contributed by atoms with van der Waals surface area (Å²) in [6, 6.07) is 17.5. The summed E-state index contributed by atoms with van der Waals surface area (Å²) < 4.78 is 28.1. The number of amides is 1. The van der Waals surface area contributed by atoms with E-state index in [1.807, 2.05) is 39.0 Å². The predicted octanol–water partition coefficient (Wildman–Crippen LogP) is 6.16. The lowest BCUT2D eigenvalue weighted by molar-refractivity contribution is -0.119. The Balaban J connectivity index is 1.66. The maximum atomic E-state index is 13.5. The number of aryl methyl sites for hydroxylation is 3. The number of anilines is 1. The molecule has 1 N–H and O–H groups in total. The smallest absolute Gasteiger partial charge is 0.264 e. The van der Waals surface area contributed by atoms with E-state index in [9.17, 15) is 13.2 Å². The molecule has 0 saturated heterocycles. The highest BCUT2D eigenvalue weighted by atomic mass is 35.5. The molecule has 0 aromatic heterocycles. The van der Waals surface area contributed by atoms with Gasteiger partial charge in [-0.25, -0.2) is 8.42 Å². The zero-order valence-electron chi connectivity index (χ0n) is 19.8. The lowest BCUT2D eigenvalue weighted by Crippen LogP contribution is -2.41. The largest absolute Gasteiger partial charge is 0.354 e. The van der Waals surface area contributed by atoms with Gasteiger partial charge in [0.2, 0.25) is 5.91 Å². The summed E-state index contributed by atoms with van der Waals surface area (Å²) >= 11 is 13.6. The Labute approximate surface area is 221 Å². The number of nitrogens with one attached hydrogen (secondary N) is 1. The fourth-order valence-electron chi connectivity index (χ4n) is 3.30. The van der Waals surface area contributed by atoms with Crippen LogP contribution in [0, 0.1) is 20.8 Å². The number of halogens is 2. The number of nitrogens with zero attached hydrogens (tertiary/aromatic N) is 1. The van der Waals surface area contributed by atoms with Gasteiger partial charge in [-0.15, -0.1) is 0 Å². The standard InChI is InChI=1S/C26H28Cl2N2O3S2/c1-18-4-9-23(10-5-18)35(32,33)30(22-8-6-19(2)20(3)14-22)16-26(31)29-12-13-34-17-21-7-11-24(27)25(28)15-21/h4-11,14-15H,12-13,16-17H2,1-3H3,(H,29,31). The zero-order valence-corrected chi connectivity index (χ0v) is 23.0. The molecular formula is C26H28Cl2N2O3S2. The third-order valence-electron chi connectivity index (χ3n) is 5.50. The van der Waals surface area contributed by atoms with E-state index in [1.165, 1.54) is 4.31 Å². The topological polar surface area (TPSA) is 66.5 Å². The Morgan fingerprint density at radius 1 is 0.914 bits per heavy atom. The summed E-state index contributed by atoms with van der Waals surface area (Å²) in [5.41, 5.74) is 4.45. The summed E-state index contributed by atoms with van der Waals surface area (Å²) in [5, 5.41) is 3.86. The molecule has 0 aliphatic carbocycles. The van der Waals surface area contributed by atoms with E-state index in [0.29, 0.717) is 28.0 Å². The van der Waals surface area contributed by atoms with E-state index < -0.39 is 10.0 Å². The molecule has 3 rings (SSSR count). The summed E-state index contributed by atoms with van der Waals surface area (Å²) in [6.45, 7) is 5.87. The second-order valence-corrected chi connectivity index (χ2v) is 12.0. The van der Waals surface area contributed by atoms with Gasteiger partial charge in [-0.3, -0.25) is 9.10 Å². The molecule has 0 heterocycles. The Morgan fingerprint density at radius 2 is 1.63 bits per heavy atom. The van der Waals surface area contributed by atoms with Crippen LogP contribution in [-0.2, 0) is 20.6 Å². The molecule has 0 radical (unpaired) electrons. The molecule has 0 aliphatic rings. The summed E-state index contributed by atoms with van der Waals surface area (Å²) in [4.78, 5) is 12.9. The van der Waals surface area contributed by atoms with Gasteiger partial charge >= 0.3 is 0 Å². The van der Waals surface area contributed by atoms with Crippen LogP contribution in [0.25, 0.3) is 0 Å². The lowest BCUT2D eigenvalue weighted by atomic mass is 10.1. The number of thioether (sulfide) groups is 1. The minimum Gasteiger partial charge on any atom is -0.354 e. The van der Waals surface area contributed by atoms with Crippen LogP contribution in [0.4, 0.5) is 5.69 Å². The molecule has 0 fully saturated rings. The van der Waals surface area contributed by atoms with E-state index in [2.05, 4.69) is 5.32 Å². The van der Waals surface area contributed by atoms with Crippen LogP contribution in [0.1, 0.15) is 22.3 Å². The molecule has 5 nitrogen and oxygen atoms in total. The molecule has 35 heavy (non-hydrogen) atoms. The maximum Gasteiger partial charge on any atom is 0.264 e. The van der Waals surface area contributed by atoms with E-state index in [-0.39, 0.29) is 17.3 Å². The molecule has 0 spiro atoms. The van der Waals surface area contributed by atoms with Crippen LogP contribution in [-0.4, -0.2) is 33.2 Å². The van der Waals surface area contributed by atoms with Crippen molar-refractivity contribution in [3.05, 3.63) is 93.0 Å². The molecule has 9 heteroatoms. The van der Waals surface area contributed by atoms with E-state index >= 15 is 0 Å². The Hall–Kier alpha value is -2.19. The number of benzene rings is 3. The van der Waals surface area contributed by atoms with Crippen molar-refractivity contribution in [3.8, 4) is 0 Å². The highest BCUT2D eigenvalue weighted by Gasteiger charge is 2.27. The SMILES string of the molecule is Cc1ccc(S(=O)(=O)N(CC(=O)NCCSCc2ccc(Cl)c(Cl)c2)c2ccc(C)c(C)c2)cc1. The quantitative estimate of drug-likeness (QED) is 0.307. The minimum atomic E-state index is -3.93. The van der Waals surface area contributed by atoms with Gasteiger partial charge in [-0.1, -0.05) is 53.0 Å². The number of hydrogen-bond acceptors (Lipinski definition) is 4. The Bertz CT molecular complexity index is 1300. The molecular weight excluding hydrogens is 523 g/mol. The van der Waals surface area contributed by atoms with Gasteiger partial charge in [0.1, 0.15) is 6.54 Å². The Morgan fingerprint density at radius 3 is 2.29 bits per heavy atom. The third-order valence-corrected chi connectivity index (χ3v) is 9.05. The van der Waals surface area contributed by atoms with Crippen molar-refractivity contribution in [1.29, 1.82) is 0 Å². The summed E-state index contributed by atoms with van der Waals surface area (Å²) in [6.07, 6.45) is 0. The van der Waals surface area contributed by atoms with Crippen LogP contribution in [0.3, 0.4) is 0 Å². The number of hydrogen-bond donors (Lipinski definition) is 1. The molecule has 186 valence electrons. The molecule has 1 amide bonds. The van der Waals surface area contributed by atoms with Gasteiger partial charge in [0, 0.05) is 18.1 Å².